The van der Waals surface area contributed by atoms with Crippen LogP contribution in [0.2, 0.25) is 0 Å². The van der Waals surface area contributed by atoms with Gasteiger partial charge in [-0.3, -0.25) is 4.79 Å². The van der Waals surface area contributed by atoms with Gasteiger partial charge in [-0.15, -0.1) is 0 Å². The minimum atomic E-state index is -0.0734. The molecule has 45 heavy (non-hydrogen) atoms. The molecule has 0 radical (unpaired) electrons. The maximum absolute atomic E-state index is 14.0. The minimum absolute atomic E-state index is 0.0535. The number of allylic oxidation sites excluding steroid dienone is 1. The zero-order valence-electron chi connectivity index (χ0n) is 26.0. The van der Waals surface area contributed by atoms with E-state index in [0.717, 1.165) is 81.0 Å². The second kappa shape index (κ2) is 14.5. The van der Waals surface area contributed by atoms with Crippen molar-refractivity contribution in [1.29, 1.82) is 5.26 Å². The third kappa shape index (κ3) is 7.53. The Morgan fingerprint density at radius 1 is 1.16 bits per heavy atom. The molecule has 4 heterocycles. The quantitative estimate of drug-likeness (QED) is 0.187. The molecular weight excluding hydrogens is 586 g/mol. The second-order valence-corrected chi connectivity index (χ2v) is 13.7. The molecule has 0 bridgehead atoms. The van der Waals surface area contributed by atoms with Gasteiger partial charge in [0.15, 0.2) is 0 Å². The average molecular weight is 630 g/mol. The number of likely N-dealkylation sites (N-methyl/N-ethyl adjacent to an activating group) is 1. The molecule has 3 atom stereocenters. The third-order valence-corrected chi connectivity index (χ3v) is 10.8. The van der Waals surface area contributed by atoms with Crippen LogP contribution in [0.4, 0.5) is 27.9 Å². The first kappa shape index (κ1) is 31.2. The van der Waals surface area contributed by atoms with Crippen LogP contribution in [-0.4, -0.2) is 89.2 Å². The molecule has 11 nitrogen and oxygen atoms in total. The van der Waals surface area contributed by atoms with Crippen molar-refractivity contribution in [2.24, 2.45) is 0 Å². The molecule has 1 saturated carbocycles. The number of rotatable bonds is 11. The summed E-state index contributed by atoms with van der Waals surface area (Å²) in [5, 5.41) is 19.1. The van der Waals surface area contributed by atoms with Crippen LogP contribution >= 0.6 is 11.8 Å². The number of carbonyl (C=O) groups is 2. The molecule has 3 N–H and O–H groups in total. The van der Waals surface area contributed by atoms with E-state index in [4.69, 9.17) is 10.2 Å². The van der Waals surface area contributed by atoms with E-state index in [1.165, 1.54) is 18.9 Å². The summed E-state index contributed by atoms with van der Waals surface area (Å²) in [6.45, 7) is 3.98. The van der Waals surface area contributed by atoms with E-state index in [9.17, 15) is 9.59 Å². The smallest absolute Gasteiger partial charge is 0.315 e. The number of aromatic nitrogens is 2. The van der Waals surface area contributed by atoms with E-state index in [-0.39, 0.29) is 24.0 Å². The fourth-order valence-electron chi connectivity index (χ4n) is 6.74. The lowest BCUT2D eigenvalue weighted by Gasteiger charge is -2.34. The van der Waals surface area contributed by atoms with Crippen LogP contribution in [0.15, 0.2) is 36.5 Å². The Kier molecular flexibility index (Phi) is 10.1. The third-order valence-electron chi connectivity index (χ3n) is 9.33. The molecule has 3 aliphatic heterocycles. The first-order valence-corrected chi connectivity index (χ1v) is 17.3. The number of piperazine rings is 1. The summed E-state index contributed by atoms with van der Waals surface area (Å²) in [7, 11) is 2.15. The summed E-state index contributed by atoms with van der Waals surface area (Å²) in [5.41, 5.74) is 2.60. The molecule has 1 unspecified atom stereocenters. The van der Waals surface area contributed by atoms with Gasteiger partial charge in [0.25, 0.3) is 0 Å². The first-order valence-electron chi connectivity index (χ1n) is 16.2. The van der Waals surface area contributed by atoms with Gasteiger partial charge in [-0.1, -0.05) is 19.3 Å². The fourth-order valence-corrected chi connectivity index (χ4v) is 8.29. The molecular formula is C33H43N9O2S. The van der Waals surface area contributed by atoms with Gasteiger partial charge in [-0.05, 0) is 63.1 Å². The van der Waals surface area contributed by atoms with E-state index in [2.05, 4.69) is 56.0 Å². The first-order chi connectivity index (χ1) is 22.0. The molecule has 12 heteroatoms. The van der Waals surface area contributed by atoms with Crippen LogP contribution in [0.5, 0.6) is 0 Å². The molecule has 4 fully saturated rings. The van der Waals surface area contributed by atoms with E-state index in [0.29, 0.717) is 29.5 Å². The van der Waals surface area contributed by atoms with Crippen LogP contribution in [0.1, 0.15) is 56.9 Å². The highest BCUT2D eigenvalue weighted by atomic mass is 32.2. The predicted octanol–water partition coefficient (Wildman–Crippen LogP) is 4.51. The molecule has 2 aromatic rings. The van der Waals surface area contributed by atoms with Gasteiger partial charge in [0.1, 0.15) is 5.82 Å². The fraction of sp³-hybridized carbons (Fsp3) is 0.545. The minimum Gasteiger partial charge on any atom is -0.369 e. The number of unbranched alkanes of at least 4 members (excludes halogenated alkanes) is 1. The zero-order chi connectivity index (χ0) is 31.2. The van der Waals surface area contributed by atoms with Crippen LogP contribution in [0, 0.1) is 11.3 Å². The van der Waals surface area contributed by atoms with Crippen molar-refractivity contribution < 1.29 is 9.59 Å². The van der Waals surface area contributed by atoms with Gasteiger partial charge < -0.3 is 25.8 Å². The highest BCUT2D eigenvalue weighted by Gasteiger charge is 2.42. The van der Waals surface area contributed by atoms with Gasteiger partial charge >= 0.3 is 6.03 Å². The number of nitrogens with one attached hydrogen (secondary N) is 3. The van der Waals surface area contributed by atoms with Gasteiger partial charge in [0.05, 0.1) is 23.8 Å². The Balaban J connectivity index is 1.20. The molecule has 4 aliphatic rings. The summed E-state index contributed by atoms with van der Waals surface area (Å²) in [4.78, 5) is 41.6. The Hall–Kier alpha value is -3.82. The van der Waals surface area contributed by atoms with Gasteiger partial charge in [0.2, 0.25) is 11.9 Å². The van der Waals surface area contributed by atoms with Crippen LogP contribution in [0.25, 0.3) is 6.08 Å². The van der Waals surface area contributed by atoms with Crippen molar-refractivity contribution in [1.82, 2.24) is 25.5 Å². The lowest BCUT2D eigenvalue weighted by molar-refractivity contribution is -0.118. The summed E-state index contributed by atoms with van der Waals surface area (Å²) < 4.78 is 0. The number of amides is 3. The number of thioether (sulfide) groups is 1. The van der Waals surface area contributed by atoms with Crippen molar-refractivity contribution in [3.8, 4) is 6.07 Å². The number of urea groups is 1. The van der Waals surface area contributed by atoms with Crippen LogP contribution < -0.4 is 25.8 Å². The monoisotopic (exact) mass is 629 g/mol. The maximum Gasteiger partial charge on any atom is 0.315 e. The normalized spacial score (nSPS) is 23.5. The van der Waals surface area contributed by atoms with Gasteiger partial charge in [0, 0.05) is 73.2 Å². The number of benzene rings is 1. The van der Waals surface area contributed by atoms with Gasteiger partial charge in [-0.25, -0.2) is 14.7 Å². The van der Waals surface area contributed by atoms with Crippen molar-refractivity contribution in [3.05, 3.63) is 42.1 Å². The highest BCUT2D eigenvalue weighted by molar-refractivity contribution is 8.00. The van der Waals surface area contributed by atoms with Crippen molar-refractivity contribution in [3.63, 3.8) is 0 Å². The van der Waals surface area contributed by atoms with E-state index >= 15 is 0 Å². The van der Waals surface area contributed by atoms with E-state index in [1.54, 1.807) is 17.2 Å². The Morgan fingerprint density at radius 3 is 2.69 bits per heavy atom. The number of fused-ring (bicyclic) bond motifs is 1. The molecule has 3 saturated heterocycles. The molecule has 238 valence electrons. The van der Waals surface area contributed by atoms with Crippen LogP contribution in [0.3, 0.4) is 0 Å². The lowest BCUT2D eigenvalue weighted by Crippen LogP contribution is -2.44. The number of carbonyl (C=O) groups excluding carboxylic acids is 2. The number of anilines is 4. The van der Waals surface area contributed by atoms with Crippen molar-refractivity contribution >= 4 is 52.9 Å². The Bertz CT molecular complexity index is 1410. The van der Waals surface area contributed by atoms with E-state index in [1.807, 2.05) is 23.9 Å². The standard InChI is InChI=1S/C33H43N9O2S/c1-40-17-19-41(20-18-40)25-12-14-26(15-13-25)42(29(43)11-5-4-10-28-30-27(22-45-28)37-33(44)38-30)32-35-21-23(7-6-16-34)31(39-32)36-24-8-2-3-9-24/h6-7,12-15,21,24,27-28,30H,2-5,8-11,17-20,22H2,1H3,(H,35,36,39)(H2,37,38,44)/b7-6+/t27-,28?,30-/m0/s1. The predicted molar refractivity (Wildman–Crippen MR) is 180 cm³/mol. The summed E-state index contributed by atoms with van der Waals surface area (Å²) in [6, 6.07) is 10.8. The number of hydrogen-bond acceptors (Lipinski definition) is 9. The topological polar surface area (TPSA) is 130 Å². The largest absolute Gasteiger partial charge is 0.369 e. The number of nitriles is 1. The SMILES string of the molecule is CN1CCN(c2ccc(N(C(=O)CCCCC3SC[C@@H]4NC(=O)N[C@H]34)c3ncc(/C=C/C#N)c(NC4CCCC4)n3)cc2)CC1. The number of hydrogen-bond donors (Lipinski definition) is 3. The second-order valence-electron chi connectivity index (χ2n) is 12.5. The highest BCUT2D eigenvalue weighted by Crippen LogP contribution is 2.34. The van der Waals surface area contributed by atoms with E-state index < -0.39 is 0 Å². The Morgan fingerprint density at radius 2 is 1.93 bits per heavy atom. The zero-order valence-corrected chi connectivity index (χ0v) is 26.8. The molecule has 6 rings (SSSR count). The summed E-state index contributed by atoms with van der Waals surface area (Å²) >= 11 is 1.90. The lowest BCUT2D eigenvalue weighted by atomic mass is 10.0. The molecule has 1 aromatic heterocycles. The maximum atomic E-state index is 14.0. The molecule has 0 spiro atoms. The summed E-state index contributed by atoms with van der Waals surface area (Å²) in [5.74, 6) is 1.85. The van der Waals surface area contributed by atoms with Gasteiger partial charge in [-0.2, -0.15) is 22.0 Å². The molecule has 1 aliphatic carbocycles. The average Bonchev–Trinajstić information content (AvgIpc) is 3.78. The van der Waals surface area contributed by atoms with Crippen molar-refractivity contribution in [2.45, 2.75) is 74.7 Å². The van der Waals surface area contributed by atoms with Crippen molar-refractivity contribution in [2.75, 3.05) is 54.1 Å². The molecule has 1 aromatic carbocycles. The van der Waals surface area contributed by atoms with Crippen LogP contribution in [-0.2, 0) is 4.79 Å². The number of nitrogens with zero attached hydrogens (tertiary/aromatic N) is 6. The molecule has 3 amide bonds. The summed E-state index contributed by atoms with van der Waals surface area (Å²) in [6.07, 6.45) is 12.3. The Labute approximate surface area is 269 Å².